The molecule has 0 spiro atoms. The maximum absolute atomic E-state index is 13.7. The molecule has 1 aromatic rings. The maximum Gasteiger partial charge on any atom is 0.242 e. The molecule has 32 heavy (non-hydrogen) atoms. The lowest BCUT2D eigenvalue weighted by Gasteiger charge is -2.33. The summed E-state index contributed by atoms with van der Waals surface area (Å²) in [7, 11) is -7.93. The van der Waals surface area contributed by atoms with Crippen molar-refractivity contribution in [2.75, 3.05) is 12.3 Å². The predicted octanol–water partition coefficient (Wildman–Crippen LogP) is 1.73. The van der Waals surface area contributed by atoms with Crippen LogP contribution in [0.3, 0.4) is 0 Å². The van der Waals surface area contributed by atoms with Crippen molar-refractivity contribution >= 4 is 53.7 Å². The molecule has 0 bridgehead atoms. The number of alkyl halides is 2. The van der Waals surface area contributed by atoms with Crippen molar-refractivity contribution in [2.45, 2.75) is 52.6 Å². The number of likely N-dealkylation sites (tertiary alicyclic amines) is 1. The Morgan fingerprint density at radius 3 is 2.69 bits per heavy atom. The molecule has 3 atom stereocenters. The third-order valence-corrected chi connectivity index (χ3v) is 11.0. The molecule has 174 valence electrons. The molecule has 2 heterocycles. The number of hydrogen-bond acceptors (Lipinski definition) is 7. The van der Waals surface area contributed by atoms with Crippen LogP contribution in [0.2, 0.25) is 0 Å². The molecular formula is C20H23FIN3O5S2. The van der Waals surface area contributed by atoms with Gasteiger partial charge in [-0.25, -0.2) is 21.2 Å². The predicted molar refractivity (Wildman–Crippen MR) is 126 cm³/mol. The normalized spacial score (nSPS) is 23.4. The second kappa shape index (κ2) is 8.66. The van der Waals surface area contributed by atoms with Crippen LogP contribution in [-0.2, 0) is 28.9 Å². The molecule has 1 fully saturated rings. The van der Waals surface area contributed by atoms with E-state index < -0.39 is 54.3 Å². The summed E-state index contributed by atoms with van der Waals surface area (Å²) in [5, 5.41) is 10.1. The maximum atomic E-state index is 13.7. The van der Waals surface area contributed by atoms with Gasteiger partial charge in [-0.05, 0) is 42.7 Å². The minimum atomic E-state index is -4.15. The lowest BCUT2D eigenvalue weighted by atomic mass is 10.0. The standard InChI is InChI=1S/C20H23FIN3O5S2/c1-20(2,18(24)19(26)25-9-14(21)6-15(25)8-23)32(29,30)11-13-10-31(27,28)17-4-3-12(7-22)5-16(13)17/h3-5,10,14-15,18H,6-7,9,11,24H2,1-2H3/t14-,15-,18+/m0/s1. The van der Waals surface area contributed by atoms with E-state index in [-0.39, 0.29) is 23.4 Å². The van der Waals surface area contributed by atoms with Crippen LogP contribution in [0.1, 0.15) is 31.4 Å². The van der Waals surface area contributed by atoms with Crippen LogP contribution in [0.5, 0.6) is 0 Å². The summed E-state index contributed by atoms with van der Waals surface area (Å²) in [5.41, 5.74) is 7.32. The molecule has 1 saturated heterocycles. The van der Waals surface area contributed by atoms with E-state index >= 15 is 0 Å². The van der Waals surface area contributed by atoms with Gasteiger partial charge in [0.15, 0.2) is 9.84 Å². The van der Waals surface area contributed by atoms with Crippen LogP contribution in [0.25, 0.3) is 5.57 Å². The van der Waals surface area contributed by atoms with E-state index in [1.54, 1.807) is 12.1 Å². The van der Waals surface area contributed by atoms with Crippen molar-refractivity contribution in [3.8, 4) is 6.07 Å². The van der Waals surface area contributed by atoms with Crippen molar-refractivity contribution in [1.29, 1.82) is 5.26 Å². The van der Waals surface area contributed by atoms with Crippen LogP contribution in [0, 0.1) is 11.3 Å². The van der Waals surface area contributed by atoms with Crippen LogP contribution in [0.15, 0.2) is 28.5 Å². The summed E-state index contributed by atoms with van der Waals surface area (Å²) < 4.78 is 64.2. The Hall–Kier alpha value is -1.56. The first-order valence-corrected chi connectivity index (χ1v) is 14.4. The Morgan fingerprint density at radius 1 is 1.44 bits per heavy atom. The van der Waals surface area contributed by atoms with Gasteiger partial charge in [-0.3, -0.25) is 4.79 Å². The largest absolute Gasteiger partial charge is 0.322 e. The van der Waals surface area contributed by atoms with Crippen molar-refractivity contribution in [1.82, 2.24) is 4.90 Å². The number of sulfone groups is 2. The van der Waals surface area contributed by atoms with Gasteiger partial charge in [0.2, 0.25) is 15.7 Å². The first kappa shape index (κ1) is 25.1. The fourth-order valence-electron chi connectivity index (χ4n) is 3.80. The topological polar surface area (TPSA) is 138 Å². The Morgan fingerprint density at radius 2 is 2.09 bits per heavy atom. The molecule has 0 unspecified atom stereocenters. The van der Waals surface area contributed by atoms with Crippen molar-refractivity contribution < 1.29 is 26.0 Å². The molecule has 1 aromatic carbocycles. The minimum absolute atomic E-state index is 0.0393. The molecule has 0 aliphatic carbocycles. The van der Waals surface area contributed by atoms with E-state index in [2.05, 4.69) is 22.6 Å². The van der Waals surface area contributed by atoms with Crippen LogP contribution in [-0.4, -0.2) is 62.9 Å². The van der Waals surface area contributed by atoms with Gasteiger partial charge in [0.05, 0.1) is 28.0 Å². The van der Waals surface area contributed by atoms with Gasteiger partial charge in [0, 0.05) is 16.3 Å². The number of nitrogens with zero attached hydrogens (tertiary/aromatic N) is 2. The summed E-state index contributed by atoms with van der Waals surface area (Å²) in [5.74, 6) is -1.46. The highest BCUT2D eigenvalue weighted by Gasteiger charge is 2.48. The molecular weight excluding hydrogens is 572 g/mol. The molecule has 2 N–H and O–H groups in total. The number of rotatable bonds is 6. The molecule has 0 aromatic heterocycles. The van der Waals surface area contributed by atoms with E-state index in [0.717, 1.165) is 15.9 Å². The van der Waals surface area contributed by atoms with E-state index in [1.165, 1.54) is 19.9 Å². The molecule has 2 aliphatic rings. The Kier molecular flexibility index (Phi) is 6.78. The molecule has 8 nitrogen and oxygen atoms in total. The Bertz CT molecular complexity index is 1240. The minimum Gasteiger partial charge on any atom is -0.322 e. The summed E-state index contributed by atoms with van der Waals surface area (Å²) in [6.45, 7) is 2.24. The fourth-order valence-corrected chi connectivity index (χ4v) is 7.35. The number of amides is 1. The van der Waals surface area contributed by atoms with Gasteiger partial charge in [0.1, 0.15) is 18.3 Å². The van der Waals surface area contributed by atoms with Gasteiger partial charge in [0.25, 0.3) is 0 Å². The van der Waals surface area contributed by atoms with Gasteiger partial charge >= 0.3 is 0 Å². The van der Waals surface area contributed by atoms with E-state index in [0.29, 0.717) is 9.99 Å². The molecule has 0 radical (unpaired) electrons. The number of halogens is 2. The van der Waals surface area contributed by atoms with Crippen LogP contribution >= 0.6 is 22.6 Å². The summed E-state index contributed by atoms with van der Waals surface area (Å²) in [6.07, 6.45) is -1.53. The molecule has 2 aliphatic heterocycles. The smallest absolute Gasteiger partial charge is 0.242 e. The lowest BCUT2D eigenvalue weighted by Crippen LogP contribution is -2.59. The summed E-state index contributed by atoms with van der Waals surface area (Å²) in [4.78, 5) is 13.9. The van der Waals surface area contributed by atoms with Gasteiger partial charge in [-0.1, -0.05) is 28.7 Å². The van der Waals surface area contributed by atoms with Crippen LogP contribution < -0.4 is 5.73 Å². The van der Waals surface area contributed by atoms with Crippen molar-refractivity contribution in [3.05, 3.63) is 34.7 Å². The average molecular weight is 595 g/mol. The van der Waals surface area contributed by atoms with E-state index in [9.17, 15) is 31.3 Å². The zero-order valence-electron chi connectivity index (χ0n) is 17.5. The van der Waals surface area contributed by atoms with E-state index in [1.807, 2.05) is 6.07 Å². The monoisotopic (exact) mass is 595 g/mol. The highest BCUT2D eigenvalue weighted by molar-refractivity contribution is 14.1. The molecule has 12 heteroatoms. The first-order valence-electron chi connectivity index (χ1n) is 9.72. The zero-order valence-corrected chi connectivity index (χ0v) is 21.2. The second-order valence-corrected chi connectivity index (χ2v) is 13.6. The number of carbonyl (C=O) groups excluding carboxylic acids is 1. The SMILES string of the molecule is CC(C)([C@H](N)C(=O)N1C[C@@H](F)C[C@H]1C#N)S(=O)(=O)CC1=CS(=O)(=O)c2ccc(CI)cc21. The number of carbonyl (C=O) groups is 1. The molecule has 3 rings (SSSR count). The quantitative estimate of drug-likeness (QED) is 0.391. The number of hydrogen-bond donors (Lipinski definition) is 1. The van der Waals surface area contributed by atoms with Gasteiger partial charge in [-0.15, -0.1) is 0 Å². The van der Waals surface area contributed by atoms with Crippen LogP contribution in [0.4, 0.5) is 4.39 Å². The first-order chi connectivity index (χ1) is 14.7. The highest BCUT2D eigenvalue weighted by atomic mass is 127. The Labute approximate surface area is 200 Å². The number of nitrogens with two attached hydrogens (primary N) is 1. The zero-order chi connectivity index (χ0) is 24.1. The lowest BCUT2D eigenvalue weighted by molar-refractivity contribution is -0.133. The summed E-state index contributed by atoms with van der Waals surface area (Å²) in [6, 6.07) is 4.05. The molecule has 1 amide bonds. The highest BCUT2D eigenvalue weighted by Crippen LogP contribution is 2.37. The third-order valence-electron chi connectivity index (χ3n) is 5.99. The molecule has 0 saturated carbocycles. The Balaban J connectivity index is 1.91. The fraction of sp³-hybridized carbons (Fsp3) is 0.500. The third kappa shape index (κ3) is 4.32. The number of benzene rings is 1. The van der Waals surface area contributed by atoms with Crippen molar-refractivity contribution in [2.24, 2.45) is 5.73 Å². The van der Waals surface area contributed by atoms with Crippen molar-refractivity contribution in [3.63, 3.8) is 0 Å². The number of fused-ring (bicyclic) bond motifs is 1. The average Bonchev–Trinajstić information content (AvgIpc) is 3.22. The summed E-state index contributed by atoms with van der Waals surface area (Å²) >= 11 is 2.12. The van der Waals surface area contributed by atoms with Gasteiger partial charge < -0.3 is 10.6 Å². The van der Waals surface area contributed by atoms with E-state index in [4.69, 9.17) is 5.73 Å². The van der Waals surface area contributed by atoms with Gasteiger partial charge in [-0.2, -0.15) is 5.26 Å². The number of nitriles is 1. The second-order valence-electron chi connectivity index (χ2n) is 8.46.